The number of phosphoric ester groups is 1. The summed E-state index contributed by atoms with van der Waals surface area (Å²) in [5, 5.41) is 0. The van der Waals surface area contributed by atoms with Crippen LogP contribution in [0.2, 0.25) is 0 Å². The van der Waals surface area contributed by atoms with Crippen molar-refractivity contribution in [2.45, 2.75) is 165 Å². The highest BCUT2D eigenvalue weighted by molar-refractivity contribution is 7.48. The number of hydrogen-bond acceptors (Lipinski definition) is 13. The van der Waals surface area contributed by atoms with E-state index in [9.17, 15) is 23.7 Å². The first kappa shape index (κ1) is 52.4. The van der Waals surface area contributed by atoms with Crippen LogP contribution in [0, 0.1) is 0 Å². The monoisotopic (exact) mass is 836 g/mol. The van der Waals surface area contributed by atoms with Gasteiger partial charge in [0.1, 0.15) is 12.7 Å². The van der Waals surface area contributed by atoms with E-state index in [-0.39, 0.29) is 13.2 Å². The molecule has 0 aliphatic carbocycles. The van der Waals surface area contributed by atoms with Gasteiger partial charge in [0.2, 0.25) is 6.29 Å². The molecular weight excluding hydrogens is 767 g/mol. The molecule has 13 nitrogen and oxygen atoms in total. The maximum absolute atomic E-state index is 14.5. The third-order valence-electron chi connectivity index (χ3n) is 8.76. The molecule has 0 aromatic heterocycles. The second kappa shape index (κ2) is 28.0. The Hall–Kier alpha value is -3.61. The minimum absolute atomic E-state index is 0.169. The summed E-state index contributed by atoms with van der Waals surface area (Å²) in [4.78, 5) is 48.7. The standard InChI is InChI=1S/C44H69O13P/c1-30(2)17-13-19-32(5)21-15-23-34(7)25-27-51-58(49,52-28-26-35(8)24-16-22-33(6)20-14-18-31(3)4)57-44-43(55-39(12)48)42(54-38(11)47)41(53-37(10)46)40(56-44)29-50-36(9)45/h17-18,21-22,25-26,40-44H,13-16,19-20,23-24,27-29H2,1-12H3/b32-21-,33-22-,34-25-,35-26-/t40-,41-,42+,43+,44-/m1/s1. The van der Waals surface area contributed by atoms with Gasteiger partial charge in [-0.15, -0.1) is 0 Å². The fourth-order valence-corrected chi connectivity index (χ4v) is 6.85. The van der Waals surface area contributed by atoms with Crippen molar-refractivity contribution in [3.63, 3.8) is 0 Å². The van der Waals surface area contributed by atoms with Gasteiger partial charge in [-0.2, -0.15) is 0 Å². The number of rotatable bonds is 25. The zero-order valence-electron chi connectivity index (χ0n) is 36.9. The lowest BCUT2D eigenvalue weighted by Gasteiger charge is -2.44. The van der Waals surface area contributed by atoms with E-state index < -0.39 is 69.0 Å². The van der Waals surface area contributed by atoms with E-state index in [1.165, 1.54) is 22.3 Å². The van der Waals surface area contributed by atoms with Crippen molar-refractivity contribution < 1.29 is 61.0 Å². The molecule has 0 spiro atoms. The molecule has 14 heteroatoms. The summed E-state index contributed by atoms with van der Waals surface area (Å²) < 4.78 is 59.7. The SMILES string of the molecule is CC(=O)OC[C@H]1O[C@H](OP(=O)(OC/C=C(/C)CC/C=C(/C)CCC=C(C)C)OC/C=C(/C)CC/C=C(/C)CCC=C(C)C)[C@@H](OC(C)=O)[C@@H](OC(C)=O)[C@@H]1OC(C)=O. The van der Waals surface area contributed by atoms with E-state index in [0.717, 1.165) is 90.2 Å². The molecule has 0 N–H and O–H groups in total. The van der Waals surface area contributed by atoms with Crippen LogP contribution in [-0.2, 0) is 61.0 Å². The van der Waals surface area contributed by atoms with E-state index in [0.29, 0.717) is 0 Å². The Morgan fingerprint density at radius 3 is 1.28 bits per heavy atom. The van der Waals surface area contributed by atoms with Crippen LogP contribution in [0.4, 0.5) is 0 Å². The van der Waals surface area contributed by atoms with Gasteiger partial charge in [-0.1, -0.05) is 69.9 Å². The van der Waals surface area contributed by atoms with Crippen LogP contribution in [0.15, 0.2) is 69.9 Å². The van der Waals surface area contributed by atoms with E-state index >= 15 is 0 Å². The van der Waals surface area contributed by atoms with Crippen molar-refractivity contribution in [3.05, 3.63) is 69.9 Å². The molecule has 58 heavy (non-hydrogen) atoms. The van der Waals surface area contributed by atoms with Crippen molar-refractivity contribution in [2.75, 3.05) is 19.8 Å². The summed E-state index contributed by atoms with van der Waals surface area (Å²) >= 11 is 0. The third-order valence-corrected chi connectivity index (χ3v) is 10.2. The molecule has 0 saturated carbocycles. The smallest absolute Gasteiger partial charge is 0.463 e. The minimum Gasteiger partial charge on any atom is -0.463 e. The van der Waals surface area contributed by atoms with E-state index in [1.54, 1.807) is 12.2 Å². The van der Waals surface area contributed by atoms with Gasteiger partial charge in [0, 0.05) is 27.7 Å². The Labute approximate surface area is 346 Å². The van der Waals surface area contributed by atoms with Crippen LogP contribution < -0.4 is 0 Å². The quantitative estimate of drug-likeness (QED) is 0.0370. The normalized spacial score (nSPS) is 20.5. The Kier molecular flexibility index (Phi) is 25.3. The molecule has 0 bridgehead atoms. The summed E-state index contributed by atoms with van der Waals surface area (Å²) in [7, 11) is -4.57. The van der Waals surface area contributed by atoms with Gasteiger partial charge in [0.05, 0.1) is 13.2 Å². The number of phosphoric acid groups is 1. The average Bonchev–Trinajstić information content (AvgIpc) is 3.09. The van der Waals surface area contributed by atoms with Gasteiger partial charge in [-0.3, -0.25) is 32.7 Å². The summed E-state index contributed by atoms with van der Waals surface area (Å²) in [6, 6.07) is 0. The van der Waals surface area contributed by atoms with E-state index in [2.05, 4.69) is 65.8 Å². The lowest BCUT2D eigenvalue weighted by molar-refractivity contribution is -0.291. The second-order valence-corrected chi connectivity index (χ2v) is 16.8. The first-order valence-corrected chi connectivity index (χ1v) is 21.4. The fraction of sp³-hybridized carbons (Fsp3) is 0.636. The van der Waals surface area contributed by atoms with Crippen molar-refractivity contribution in [3.8, 4) is 0 Å². The van der Waals surface area contributed by atoms with Gasteiger partial charge in [0.25, 0.3) is 0 Å². The molecule has 328 valence electrons. The Morgan fingerprint density at radius 1 is 0.500 bits per heavy atom. The van der Waals surface area contributed by atoms with Crippen LogP contribution in [0.1, 0.15) is 134 Å². The second-order valence-electron chi connectivity index (χ2n) is 15.1. The number of allylic oxidation sites excluding steroid dienone is 10. The Balaban J connectivity index is 3.41. The largest absolute Gasteiger partial charge is 0.477 e. The molecule has 5 atom stereocenters. The lowest BCUT2D eigenvalue weighted by atomic mass is 9.98. The molecule has 0 aromatic carbocycles. The molecule has 1 heterocycles. The lowest BCUT2D eigenvalue weighted by Crippen LogP contribution is -2.62. The van der Waals surface area contributed by atoms with Crippen LogP contribution >= 0.6 is 7.82 Å². The molecule has 1 aliphatic heterocycles. The number of carbonyl (C=O) groups excluding carboxylic acids is 4. The van der Waals surface area contributed by atoms with E-state index in [1.807, 2.05) is 13.8 Å². The predicted octanol–water partition coefficient (Wildman–Crippen LogP) is 10.1. The van der Waals surface area contributed by atoms with E-state index in [4.69, 9.17) is 37.3 Å². The van der Waals surface area contributed by atoms with Crippen LogP contribution in [0.25, 0.3) is 0 Å². The van der Waals surface area contributed by atoms with Crippen molar-refractivity contribution >= 4 is 31.7 Å². The Bertz CT molecular complexity index is 1510. The summed E-state index contributed by atoms with van der Waals surface area (Å²) in [5.74, 6) is -3.13. The molecule has 0 amide bonds. The first-order chi connectivity index (χ1) is 27.2. The summed E-state index contributed by atoms with van der Waals surface area (Å²) in [6.07, 6.45) is 11.8. The summed E-state index contributed by atoms with van der Waals surface area (Å²) in [5.41, 5.74) is 7.14. The fourth-order valence-electron chi connectivity index (χ4n) is 5.72. The van der Waals surface area contributed by atoms with Gasteiger partial charge in [-0.25, -0.2) is 4.57 Å². The number of ether oxygens (including phenoxy) is 5. The van der Waals surface area contributed by atoms with Crippen LogP contribution in [0.5, 0.6) is 0 Å². The highest BCUT2D eigenvalue weighted by Gasteiger charge is 2.54. The van der Waals surface area contributed by atoms with Gasteiger partial charge >= 0.3 is 31.7 Å². The molecule has 1 aliphatic rings. The van der Waals surface area contributed by atoms with Crippen molar-refractivity contribution in [2.24, 2.45) is 0 Å². The number of carbonyl (C=O) groups is 4. The summed E-state index contributed by atoms with van der Waals surface area (Å²) in [6.45, 7) is 20.1. The minimum atomic E-state index is -4.57. The third kappa shape index (κ3) is 23.7. The van der Waals surface area contributed by atoms with Gasteiger partial charge in [0.15, 0.2) is 18.3 Å². The highest BCUT2D eigenvalue weighted by atomic mass is 31.2. The molecule has 1 fully saturated rings. The average molecular weight is 837 g/mol. The first-order valence-electron chi connectivity index (χ1n) is 20.0. The van der Waals surface area contributed by atoms with Crippen LogP contribution in [0.3, 0.4) is 0 Å². The zero-order valence-corrected chi connectivity index (χ0v) is 37.8. The molecule has 1 saturated heterocycles. The molecule has 0 aromatic rings. The molecular formula is C44H69O13P. The maximum Gasteiger partial charge on any atom is 0.477 e. The van der Waals surface area contributed by atoms with Crippen molar-refractivity contribution in [1.29, 1.82) is 0 Å². The highest BCUT2D eigenvalue weighted by Crippen LogP contribution is 2.52. The topological polar surface area (TPSA) is 159 Å². The predicted molar refractivity (Wildman–Crippen MR) is 223 cm³/mol. The number of hydrogen-bond donors (Lipinski definition) is 0. The Morgan fingerprint density at radius 2 is 0.879 bits per heavy atom. The number of esters is 4. The van der Waals surface area contributed by atoms with Crippen LogP contribution in [-0.4, -0.2) is 74.4 Å². The molecule has 1 rings (SSSR count). The maximum atomic E-state index is 14.5. The van der Waals surface area contributed by atoms with Gasteiger partial charge in [-0.05, 0) is 107 Å². The van der Waals surface area contributed by atoms with Gasteiger partial charge < -0.3 is 23.7 Å². The molecule has 0 radical (unpaired) electrons. The molecule has 0 unspecified atom stereocenters. The zero-order chi connectivity index (χ0) is 43.8. The van der Waals surface area contributed by atoms with Crippen molar-refractivity contribution in [1.82, 2.24) is 0 Å².